The van der Waals surface area contributed by atoms with Crippen LogP contribution in [0.5, 0.6) is 0 Å². The highest BCUT2D eigenvalue weighted by Gasteiger charge is 2.80. The van der Waals surface area contributed by atoms with Crippen molar-refractivity contribution in [3.05, 3.63) is 88.9 Å². The predicted octanol–water partition coefficient (Wildman–Crippen LogP) is 12.4. The van der Waals surface area contributed by atoms with Crippen LogP contribution in [0.15, 0.2) is 48.5 Å². The van der Waals surface area contributed by atoms with E-state index in [1.165, 1.54) is 53.1 Å². The zero-order valence-corrected chi connectivity index (χ0v) is 39.6. The van der Waals surface area contributed by atoms with E-state index in [0.717, 1.165) is 34.0 Å². The number of halogens is 6. The third-order valence-electron chi connectivity index (χ3n) is 13.6. The van der Waals surface area contributed by atoms with Gasteiger partial charge in [-0.25, -0.2) is 0 Å². The summed E-state index contributed by atoms with van der Waals surface area (Å²) >= 11 is 5.99. The standard InChI is InChI=1S/C46H42F6O8S5/c1-24-26(14-31(61-24)28-6-9-33(64-28)41-12-11-38(2,16-53-41)17-54-41)36-37(43(49,50)46(51,52)42(36,47)48)27-15-32(29-7-10-35(65-29)45-58-21-40(4,22-59-45)23-60-45)63-30(27)13-25-5-8-34(62-25)44-55-18-39(3,19-56-44)20-57-44/h5-10,14-15H,11-13,16-23H2,1-4H3. The summed E-state index contributed by atoms with van der Waals surface area (Å²) in [5, 5.41) is 0. The lowest BCUT2D eigenvalue weighted by Crippen LogP contribution is -2.56. The molecule has 346 valence electrons. The molecule has 10 aliphatic rings. The Labute approximate surface area is 390 Å². The van der Waals surface area contributed by atoms with Crippen LogP contribution >= 0.6 is 56.7 Å². The van der Waals surface area contributed by atoms with Crippen molar-refractivity contribution in [2.45, 2.75) is 82.5 Å². The maximum atomic E-state index is 16.8. The summed E-state index contributed by atoms with van der Waals surface area (Å²) in [6, 6.07) is 13.4. The van der Waals surface area contributed by atoms with Crippen molar-refractivity contribution in [2.75, 3.05) is 52.9 Å². The van der Waals surface area contributed by atoms with Gasteiger partial charge >= 0.3 is 29.7 Å². The molecule has 9 aliphatic heterocycles. The van der Waals surface area contributed by atoms with Gasteiger partial charge in [-0.3, -0.25) is 0 Å². The number of allylic oxidation sites excluding steroid dienone is 2. The Hall–Kier alpha value is -2.50. The summed E-state index contributed by atoms with van der Waals surface area (Å²) in [6.45, 7) is 11.0. The highest BCUT2D eigenvalue weighted by Crippen LogP contribution is 2.67. The number of hydrogen-bond acceptors (Lipinski definition) is 13. The minimum absolute atomic E-state index is 0.0462. The van der Waals surface area contributed by atoms with Crippen LogP contribution in [0.25, 0.3) is 30.7 Å². The quantitative estimate of drug-likeness (QED) is 0.135. The minimum Gasteiger partial charge on any atom is -0.345 e. The highest BCUT2D eigenvalue weighted by molar-refractivity contribution is 7.23. The Bertz CT molecular complexity index is 2700. The molecule has 6 bridgehead atoms. The number of fused-ring (bicyclic) bond motifs is 9. The molecule has 5 aromatic rings. The molecule has 0 aromatic carbocycles. The molecule has 0 radical (unpaired) electrons. The van der Waals surface area contributed by atoms with Gasteiger partial charge in [-0.2, -0.15) is 26.3 Å². The number of ether oxygens (including phenoxy) is 8. The van der Waals surface area contributed by atoms with E-state index < -0.39 is 46.6 Å². The van der Waals surface area contributed by atoms with Crippen molar-refractivity contribution in [3.8, 4) is 19.5 Å². The van der Waals surface area contributed by atoms with Gasteiger partial charge in [0.2, 0.25) is 5.79 Å². The van der Waals surface area contributed by atoms with E-state index in [-0.39, 0.29) is 43.5 Å². The number of rotatable bonds is 9. The van der Waals surface area contributed by atoms with Crippen molar-refractivity contribution in [1.29, 1.82) is 0 Å². The van der Waals surface area contributed by atoms with Crippen molar-refractivity contribution >= 4 is 67.8 Å². The van der Waals surface area contributed by atoms with E-state index >= 15 is 26.3 Å². The lowest BCUT2D eigenvalue weighted by molar-refractivity contribution is -0.476. The monoisotopic (exact) mass is 996 g/mol. The molecule has 0 amide bonds. The van der Waals surface area contributed by atoms with E-state index in [1.54, 1.807) is 30.3 Å². The van der Waals surface area contributed by atoms with E-state index in [9.17, 15) is 0 Å². The molecule has 14 heterocycles. The molecule has 0 unspecified atom stereocenters. The largest absolute Gasteiger partial charge is 0.380 e. The number of aryl methyl sites for hydroxylation is 1. The molecular weight excluding hydrogens is 955 g/mol. The average Bonchev–Trinajstić information content (AvgIpc) is 4.16. The number of hydrogen-bond donors (Lipinski definition) is 0. The Morgan fingerprint density at radius 2 is 0.938 bits per heavy atom. The van der Waals surface area contributed by atoms with Crippen molar-refractivity contribution < 1.29 is 64.2 Å². The van der Waals surface area contributed by atoms with Crippen LogP contribution in [-0.4, -0.2) is 70.6 Å². The summed E-state index contributed by atoms with van der Waals surface area (Å²) in [6.07, 6.45) is 1.50. The van der Waals surface area contributed by atoms with E-state index in [1.807, 2.05) is 19.9 Å². The first-order valence-corrected chi connectivity index (χ1v) is 25.3. The zero-order chi connectivity index (χ0) is 45.2. The van der Waals surface area contributed by atoms with Crippen LogP contribution in [0.4, 0.5) is 26.3 Å². The van der Waals surface area contributed by atoms with Gasteiger partial charge < -0.3 is 37.9 Å². The molecule has 9 saturated heterocycles. The summed E-state index contributed by atoms with van der Waals surface area (Å²) in [5.41, 5.74) is -4.18. The Kier molecular flexibility index (Phi) is 9.62. The first-order valence-electron chi connectivity index (χ1n) is 21.2. The van der Waals surface area contributed by atoms with Crippen LogP contribution < -0.4 is 0 Å². The number of alkyl halides is 6. The third-order valence-corrected chi connectivity index (χ3v) is 19.7. The first kappa shape index (κ1) is 43.8. The Morgan fingerprint density at radius 3 is 1.49 bits per heavy atom. The lowest BCUT2D eigenvalue weighted by atomic mass is 9.80. The maximum absolute atomic E-state index is 16.8. The molecule has 5 aromatic heterocycles. The summed E-state index contributed by atoms with van der Waals surface area (Å²) in [7, 11) is 0. The zero-order valence-electron chi connectivity index (χ0n) is 35.5. The summed E-state index contributed by atoms with van der Waals surface area (Å²) < 4.78 is 148. The molecule has 19 heteroatoms. The van der Waals surface area contributed by atoms with Crippen molar-refractivity contribution in [2.24, 2.45) is 16.2 Å². The van der Waals surface area contributed by atoms with Crippen LogP contribution in [0, 0.1) is 23.2 Å². The van der Waals surface area contributed by atoms with Gasteiger partial charge in [0.1, 0.15) is 0 Å². The second-order valence-electron chi connectivity index (χ2n) is 19.4. The summed E-state index contributed by atoms with van der Waals surface area (Å²) in [5.74, 6) is -20.1. The Balaban J connectivity index is 0.968. The van der Waals surface area contributed by atoms with E-state index in [2.05, 4.69) is 6.92 Å². The lowest BCUT2D eigenvalue weighted by Gasteiger charge is -2.50. The van der Waals surface area contributed by atoms with E-state index in [0.29, 0.717) is 93.4 Å². The Morgan fingerprint density at radius 1 is 0.477 bits per heavy atom. The van der Waals surface area contributed by atoms with Gasteiger partial charge in [0.15, 0.2) is 0 Å². The maximum Gasteiger partial charge on any atom is 0.380 e. The fraction of sp³-hybridized carbons (Fsp3) is 0.522. The predicted molar refractivity (Wildman–Crippen MR) is 235 cm³/mol. The smallest absolute Gasteiger partial charge is 0.345 e. The molecule has 0 spiro atoms. The van der Waals surface area contributed by atoms with Gasteiger partial charge in [-0.15, -0.1) is 56.7 Å². The SMILES string of the molecule is Cc1sc(-c2ccc(C34CCC(C)(CO3)CO4)s2)cc1C1=C(c2cc(-c3ccc(C45OCC(C)(CO4)CO5)s3)sc2Cc2ccc(C34OCC(C)(CO3)CO4)s2)C(F)(F)C(F)(F)C1(F)F. The van der Waals surface area contributed by atoms with Crippen molar-refractivity contribution in [3.63, 3.8) is 0 Å². The van der Waals surface area contributed by atoms with Gasteiger partial charge in [0, 0.05) is 74.4 Å². The van der Waals surface area contributed by atoms with Crippen molar-refractivity contribution in [1.82, 2.24) is 0 Å². The van der Waals surface area contributed by atoms with Crippen LogP contribution in [0.2, 0.25) is 0 Å². The second kappa shape index (κ2) is 14.3. The molecule has 8 nitrogen and oxygen atoms in total. The third kappa shape index (κ3) is 6.47. The second-order valence-corrected chi connectivity index (χ2v) is 25.1. The van der Waals surface area contributed by atoms with Crippen LogP contribution in [-0.2, 0) is 62.0 Å². The number of thiophene rings is 5. The molecule has 15 rings (SSSR count). The normalized spacial score (nSPS) is 35.5. The molecule has 9 fully saturated rings. The molecular formula is C46H42F6O8S5. The van der Waals surface area contributed by atoms with E-state index in [4.69, 9.17) is 37.9 Å². The summed E-state index contributed by atoms with van der Waals surface area (Å²) in [4.78, 5) is 5.05. The van der Waals surface area contributed by atoms with Gasteiger partial charge in [-0.05, 0) is 73.0 Å². The molecule has 1 aliphatic carbocycles. The minimum atomic E-state index is -5.76. The fourth-order valence-corrected chi connectivity index (χ4v) is 15.2. The molecule has 0 N–H and O–H groups in total. The van der Waals surface area contributed by atoms with Gasteiger partial charge in [0.25, 0.3) is 0 Å². The molecule has 0 atom stereocenters. The van der Waals surface area contributed by atoms with Crippen LogP contribution in [0.3, 0.4) is 0 Å². The first-order chi connectivity index (χ1) is 30.7. The molecule has 0 saturated carbocycles. The van der Waals surface area contributed by atoms with Gasteiger partial charge in [-0.1, -0.05) is 20.8 Å². The topological polar surface area (TPSA) is 73.8 Å². The molecule has 65 heavy (non-hydrogen) atoms. The van der Waals surface area contributed by atoms with Crippen LogP contribution in [0.1, 0.15) is 74.0 Å². The fourth-order valence-electron chi connectivity index (χ4n) is 9.51. The van der Waals surface area contributed by atoms with Gasteiger partial charge in [0.05, 0.1) is 67.5 Å². The highest BCUT2D eigenvalue weighted by atomic mass is 32.1. The average molecular weight is 997 g/mol.